The predicted octanol–water partition coefficient (Wildman–Crippen LogP) is 3.63. The van der Waals surface area contributed by atoms with Crippen LogP contribution in [-0.4, -0.2) is 4.98 Å². The lowest BCUT2D eigenvalue weighted by molar-refractivity contribution is 0.723. The third kappa shape index (κ3) is 2.59. The molecule has 1 aliphatic rings. The molecular formula is C11H13NS. The molecule has 0 aliphatic heterocycles. The molecule has 68 valence electrons. The van der Waals surface area contributed by atoms with Crippen LogP contribution in [0, 0.1) is 0 Å². The first-order chi connectivity index (χ1) is 6.45. The van der Waals surface area contributed by atoms with Crippen LogP contribution in [0.1, 0.15) is 25.7 Å². The summed E-state index contributed by atoms with van der Waals surface area (Å²) in [6.07, 6.45) is 9.38. The Morgan fingerprint density at radius 2 is 2.23 bits per heavy atom. The molecule has 1 heterocycles. The molecule has 0 amide bonds. The minimum atomic E-state index is 1.12. The van der Waals surface area contributed by atoms with Crippen molar-refractivity contribution in [1.29, 1.82) is 0 Å². The Bertz CT molecular complexity index is 292. The third-order valence-electron chi connectivity index (χ3n) is 2.12. The summed E-state index contributed by atoms with van der Waals surface area (Å²) in [5.41, 5.74) is 0. The Labute approximate surface area is 83.3 Å². The van der Waals surface area contributed by atoms with Crippen molar-refractivity contribution in [1.82, 2.24) is 4.98 Å². The number of pyridine rings is 1. The summed E-state index contributed by atoms with van der Waals surface area (Å²) in [7, 11) is 0. The average molecular weight is 191 g/mol. The fourth-order valence-electron chi connectivity index (χ4n) is 1.44. The van der Waals surface area contributed by atoms with Crippen molar-refractivity contribution in [2.75, 3.05) is 0 Å². The van der Waals surface area contributed by atoms with E-state index in [4.69, 9.17) is 0 Å². The number of aromatic nitrogens is 1. The molecule has 1 aliphatic carbocycles. The molecule has 1 aromatic heterocycles. The van der Waals surface area contributed by atoms with Crippen LogP contribution >= 0.6 is 11.8 Å². The minimum Gasteiger partial charge on any atom is -0.250 e. The molecule has 0 radical (unpaired) electrons. The van der Waals surface area contributed by atoms with Gasteiger partial charge in [-0.3, -0.25) is 0 Å². The highest BCUT2D eigenvalue weighted by Gasteiger charge is 2.05. The molecule has 0 N–H and O–H groups in total. The Morgan fingerprint density at radius 3 is 2.92 bits per heavy atom. The summed E-state index contributed by atoms with van der Waals surface area (Å²) in [6.45, 7) is 0. The van der Waals surface area contributed by atoms with Crippen molar-refractivity contribution in [2.24, 2.45) is 0 Å². The van der Waals surface area contributed by atoms with Crippen LogP contribution in [0.5, 0.6) is 0 Å². The molecule has 0 spiro atoms. The normalized spacial score (nSPS) is 16.8. The van der Waals surface area contributed by atoms with Crippen molar-refractivity contribution < 1.29 is 0 Å². The van der Waals surface area contributed by atoms with Crippen LogP contribution in [0.3, 0.4) is 0 Å². The molecule has 13 heavy (non-hydrogen) atoms. The van der Waals surface area contributed by atoms with Gasteiger partial charge in [-0.2, -0.15) is 0 Å². The maximum Gasteiger partial charge on any atom is 0.100 e. The third-order valence-corrected chi connectivity index (χ3v) is 3.21. The highest BCUT2D eigenvalue weighted by Crippen LogP contribution is 2.31. The van der Waals surface area contributed by atoms with Crippen LogP contribution in [-0.2, 0) is 0 Å². The van der Waals surface area contributed by atoms with E-state index >= 15 is 0 Å². The summed E-state index contributed by atoms with van der Waals surface area (Å²) in [6, 6.07) is 6.07. The molecule has 0 fully saturated rings. The van der Waals surface area contributed by atoms with Crippen LogP contribution in [0.4, 0.5) is 0 Å². The van der Waals surface area contributed by atoms with Crippen molar-refractivity contribution in [3.63, 3.8) is 0 Å². The first kappa shape index (κ1) is 8.82. The Hall–Kier alpha value is -0.760. The Kier molecular flexibility index (Phi) is 3.03. The van der Waals surface area contributed by atoms with Crippen molar-refractivity contribution in [3.05, 3.63) is 35.4 Å². The molecule has 0 bridgehead atoms. The molecule has 1 nitrogen and oxygen atoms in total. The Balaban J connectivity index is 2.01. The van der Waals surface area contributed by atoms with E-state index in [9.17, 15) is 0 Å². The highest BCUT2D eigenvalue weighted by molar-refractivity contribution is 8.03. The number of hydrogen-bond donors (Lipinski definition) is 0. The van der Waals surface area contributed by atoms with Gasteiger partial charge in [0.2, 0.25) is 0 Å². The molecule has 1 aromatic rings. The van der Waals surface area contributed by atoms with E-state index in [2.05, 4.69) is 17.1 Å². The second kappa shape index (κ2) is 4.47. The van der Waals surface area contributed by atoms with Gasteiger partial charge in [-0.25, -0.2) is 4.98 Å². The van der Waals surface area contributed by atoms with E-state index in [1.807, 2.05) is 30.1 Å². The molecular weight excluding hydrogens is 178 g/mol. The second-order valence-electron chi connectivity index (χ2n) is 3.19. The van der Waals surface area contributed by atoms with Crippen LogP contribution in [0.15, 0.2) is 40.4 Å². The lowest BCUT2D eigenvalue weighted by atomic mass is 10.1. The van der Waals surface area contributed by atoms with E-state index in [1.54, 1.807) is 0 Å². The van der Waals surface area contributed by atoms with E-state index in [1.165, 1.54) is 30.6 Å². The summed E-state index contributed by atoms with van der Waals surface area (Å²) >= 11 is 1.81. The van der Waals surface area contributed by atoms with Crippen LogP contribution in [0.25, 0.3) is 0 Å². The van der Waals surface area contributed by atoms with Gasteiger partial charge in [0.1, 0.15) is 5.03 Å². The summed E-state index contributed by atoms with van der Waals surface area (Å²) in [4.78, 5) is 5.79. The van der Waals surface area contributed by atoms with Gasteiger partial charge in [0.25, 0.3) is 0 Å². The standard InChI is InChI=1S/C11H13NS/c1-2-6-10(7-3-1)13-11-8-4-5-9-12-11/h4-6,8-9H,1-3,7H2. The maximum atomic E-state index is 4.29. The minimum absolute atomic E-state index is 1.12. The maximum absolute atomic E-state index is 4.29. The number of rotatable bonds is 2. The highest BCUT2D eigenvalue weighted by atomic mass is 32.2. The number of allylic oxidation sites excluding steroid dienone is 2. The monoisotopic (exact) mass is 191 g/mol. The summed E-state index contributed by atoms with van der Waals surface area (Å²) in [5, 5.41) is 1.12. The molecule has 0 atom stereocenters. The first-order valence-electron chi connectivity index (χ1n) is 4.73. The zero-order valence-corrected chi connectivity index (χ0v) is 8.39. The lowest BCUT2D eigenvalue weighted by Gasteiger charge is -2.10. The number of hydrogen-bond acceptors (Lipinski definition) is 2. The fourth-order valence-corrected chi connectivity index (χ4v) is 2.42. The largest absolute Gasteiger partial charge is 0.250 e. The smallest absolute Gasteiger partial charge is 0.100 e. The molecule has 0 saturated carbocycles. The lowest BCUT2D eigenvalue weighted by Crippen LogP contribution is -1.88. The predicted molar refractivity (Wildman–Crippen MR) is 56.6 cm³/mol. The van der Waals surface area contributed by atoms with Gasteiger partial charge >= 0.3 is 0 Å². The molecule has 2 heteroatoms. The number of nitrogens with zero attached hydrogens (tertiary/aromatic N) is 1. The van der Waals surface area contributed by atoms with Gasteiger partial charge in [0.15, 0.2) is 0 Å². The van der Waals surface area contributed by atoms with Gasteiger partial charge in [-0.1, -0.05) is 23.9 Å². The van der Waals surface area contributed by atoms with Gasteiger partial charge in [-0.15, -0.1) is 0 Å². The first-order valence-corrected chi connectivity index (χ1v) is 5.55. The van der Waals surface area contributed by atoms with Crippen molar-refractivity contribution >= 4 is 11.8 Å². The van der Waals surface area contributed by atoms with Gasteiger partial charge in [0.05, 0.1) is 0 Å². The zero-order chi connectivity index (χ0) is 8.93. The molecule has 0 aromatic carbocycles. The van der Waals surface area contributed by atoms with Crippen molar-refractivity contribution in [3.8, 4) is 0 Å². The van der Waals surface area contributed by atoms with Gasteiger partial charge in [-0.05, 0) is 42.7 Å². The topological polar surface area (TPSA) is 12.9 Å². The van der Waals surface area contributed by atoms with E-state index in [0.29, 0.717) is 0 Å². The quantitative estimate of drug-likeness (QED) is 0.708. The van der Waals surface area contributed by atoms with Crippen LogP contribution in [0.2, 0.25) is 0 Å². The SMILES string of the molecule is C1=C(Sc2ccccn2)CCCC1. The van der Waals surface area contributed by atoms with Crippen molar-refractivity contribution in [2.45, 2.75) is 30.7 Å². The summed E-state index contributed by atoms with van der Waals surface area (Å²) in [5.74, 6) is 0. The Morgan fingerprint density at radius 1 is 1.23 bits per heavy atom. The van der Waals surface area contributed by atoms with Gasteiger partial charge < -0.3 is 0 Å². The molecule has 2 rings (SSSR count). The van der Waals surface area contributed by atoms with E-state index in [-0.39, 0.29) is 0 Å². The number of thioether (sulfide) groups is 1. The van der Waals surface area contributed by atoms with Gasteiger partial charge in [0, 0.05) is 6.20 Å². The average Bonchev–Trinajstić information content (AvgIpc) is 2.21. The van der Waals surface area contributed by atoms with Crippen LogP contribution < -0.4 is 0 Å². The van der Waals surface area contributed by atoms with E-state index in [0.717, 1.165) is 5.03 Å². The summed E-state index contributed by atoms with van der Waals surface area (Å²) < 4.78 is 0. The molecule has 0 unspecified atom stereocenters. The zero-order valence-electron chi connectivity index (χ0n) is 7.57. The fraction of sp³-hybridized carbons (Fsp3) is 0.364. The second-order valence-corrected chi connectivity index (χ2v) is 4.33. The molecule has 0 saturated heterocycles. The van der Waals surface area contributed by atoms with E-state index < -0.39 is 0 Å².